The van der Waals surface area contributed by atoms with E-state index in [4.69, 9.17) is 29.6 Å². The smallest absolute Gasteiger partial charge is 0.475 e. The first-order valence-electron chi connectivity index (χ1n) is 12.6. The van der Waals surface area contributed by atoms with Gasteiger partial charge in [-0.2, -0.15) is 31.4 Å². The molecule has 2 aromatic rings. The van der Waals surface area contributed by atoms with Crippen molar-refractivity contribution in [1.82, 2.24) is 19.7 Å². The molecule has 40 heavy (non-hydrogen) atoms. The summed E-state index contributed by atoms with van der Waals surface area (Å²) in [6.45, 7) is 5.82. The fraction of sp³-hybridized carbons (Fsp3) is 0.600. The highest BCUT2D eigenvalue weighted by Gasteiger charge is 2.39. The van der Waals surface area contributed by atoms with Gasteiger partial charge < -0.3 is 14.9 Å². The maximum Gasteiger partial charge on any atom is 0.490 e. The van der Waals surface area contributed by atoms with Crippen LogP contribution in [0.4, 0.5) is 26.3 Å². The van der Waals surface area contributed by atoms with Crippen LogP contribution in [0.25, 0.3) is 0 Å². The molecule has 1 atom stereocenters. The summed E-state index contributed by atoms with van der Waals surface area (Å²) in [6, 6.07) is 4.19. The summed E-state index contributed by atoms with van der Waals surface area (Å²) in [5.74, 6) is -3.42. The number of aliphatic carboxylic acids is 2. The van der Waals surface area contributed by atoms with Crippen molar-refractivity contribution >= 4 is 11.9 Å². The van der Waals surface area contributed by atoms with E-state index in [1.807, 2.05) is 18.5 Å². The zero-order valence-electron chi connectivity index (χ0n) is 21.4. The number of rotatable bonds is 8. The van der Waals surface area contributed by atoms with Crippen LogP contribution < -0.4 is 0 Å². The molecule has 0 bridgehead atoms. The summed E-state index contributed by atoms with van der Waals surface area (Å²) >= 11 is 0. The second-order valence-electron chi connectivity index (χ2n) is 10.00. The molecule has 3 aliphatic rings. The molecule has 2 aliphatic carbocycles. The summed E-state index contributed by atoms with van der Waals surface area (Å²) in [5, 5.41) is 19.0. The van der Waals surface area contributed by atoms with E-state index in [9.17, 15) is 26.3 Å². The van der Waals surface area contributed by atoms with E-state index in [-0.39, 0.29) is 0 Å². The summed E-state index contributed by atoms with van der Waals surface area (Å²) < 4.78 is 71.9. The normalized spacial score (nSPS) is 19.0. The summed E-state index contributed by atoms with van der Waals surface area (Å²) in [5.41, 5.74) is 4.11. The quantitative estimate of drug-likeness (QED) is 0.439. The predicted octanol–water partition coefficient (Wildman–Crippen LogP) is 4.48. The minimum absolute atomic E-state index is 0.426. The van der Waals surface area contributed by atoms with E-state index in [0.717, 1.165) is 51.2 Å². The van der Waals surface area contributed by atoms with Crippen LogP contribution in [-0.2, 0) is 34.0 Å². The molecule has 3 heterocycles. The number of hydrogen-bond donors (Lipinski definition) is 2. The summed E-state index contributed by atoms with van der Waals surface area (Å²) in [6.07, 6.45) is 1.18. The van der Waals surface area contributed by atoms with Crippen LogP contribution in [0.5, 0.6) is 0 Å². The topological polar surface area (TPSA) is 118 Å². The Morgan fingerprint density at radius 1 is 0.950 bits per heavy atom. The van der Waals surface area contributed by atoms with Crippen LogP contribution in [-0.4, -0.2) is 73.9 Å². The van der Waals surface area contributed by atoms with Crippen LogP contribution in [0.1, 0.15) is 48.4 Å². The fourth-order valence-corrected chi connectivity index (χ4v) is 4.09. The Kier molecular flexibility index (Phi) is 10.5. The largest absolute Gasteiger partial charge is 0.490 e. The molecule has 9 nitrogen and oxygen atoms in total. The van der Waals surface area contributed by atoms with Gasteiger partial charge in [-0.25, -0.2) is 9.59 Å². The number of pyridine rings is 1. The second-order valence-corrected chi connectivity index (χ2v) is 10.00. The maximum atomic E-state index is 10.6. The zero-order chi connectivity index (χ0) is 29.5. The van der Waals surface area contributed by atoms with E-state index in [1.165, 1.54) is 42.5 Å². The number of ether oxygens (including phenoxy) is 1. The lowest BCUT2D eigenvalue weighted by atomic mass is 9.96. The van der Waals surface area contributed by atoms with E-state index in [2.05, 4.69) is 26.8 Å². The van der Waals surface area contributed by atoms with Crippen molar-refractivity contribution in [2.75, 3.05) is 19.8 Å². The third-order valence-electron chi connectivity index (χ3n) is 6.33. The number of nitrogens with zero attached hydrogens (tertiary/aromatic N) is 4. The van der Waals surface area contributed by atoms with Crippen LogP contribution in [0, 0.1) is 11.8 Å². The lowest BCUT2D eigenvalue weighted by Crippen LogP contribution is -2.36. The number of carboxylic acids is 2. The molecule has 0 radical (unpaired) electrons. The molecule has 0 saturated heterocycles. The average Bonchev–Trinajstić information content (AvgIpc) is 3.79. The van der Waals surface area contributed by atoms with Gasteiger partial charge in [0.05, 0.1) is 12.8 Å². The number of halogens is 6. The summed E-state index contributed by atoms with van der Waals surface area (Å²) in [7, 11) is 0. The lowest BCUT2D eigenvalue weighted by molar-refractivity contribution is -0.193. The van der Waals surface area contributed by atoms with Crippen molar-refractivity contribution in [3.63, 3.8) is 0 Å². The molecule has 2 fully saturated rings. The molecule has 0 spiro atoms. The van der Waals surface area contributed by atoms with Gasteiger partial charge in [-0.3, -0.25) is 14.6 Å². The van der Waals surface area contributed by atoms with Gasteiger partial charge in [-0.05, 0) is 49.1 Å². The Hall–Kier alpha value is -3.20. The minimum Gasteiger partial charge on any atom is -0.475 e. The first kappa shape index (κ1) is 31.3. The maximum absolute atomic E-state index is 10.6. The number of fused-ring (bicyclic) bond motifs is 1. The van der Waals surface area contributed by atoms with Gasteiger partial charge in [0.1, 0.15) is 0 Å². The molecule has 222 valence electrons. The first-order chi connectivity index (χ1) is 18.7. The Morgan fingerprint density at radius 2 is 1.55 bits per heavy atom. The van der Waals surface area contributed by atoms with E-state index in [0.29, 0.717) is 5.92 Å². The van der Waals surface area contributed by atoms with Crippen LogP contribution >= 0.6 is 0 Å². The standard InChI is InChI=1S/C21H28N4O.2C2HF3O2/c1-2-18(8-22-7-1)10-24-12-19-9-23-25(11-16-3-4-16)21(19)20(13-24)15-26-14-17-5-6-17;2*3-2(4,5)1(6)7/h1-2,7-9,16-17,20H,3-6,10-15H2;2*(H,6,7). The van der Waals surface area contributed by atoms with Gasteiger partial charge in [0.25, 0.3) is 0 Å². The van der Waals surface area contributed by atoms with Crippen LogP contribution in [0.2, 0.25) is 0 Å². The molecule has 5 rings (SSSR count). The zero-order valence-corrected chi connectivity index (χ0v) is 21.4. The molecule has 1 unspecified atom stereocenters. The number of carbonyl (C=O) groups is 2. The lowest BCUT2D eigenvalue weighted by Gasteiger charge is -2.33. The molecular formula is C25H30F6N4O5. The van der Waals surface area contributed by atoms with Gasteiger partial charge in [0.2, 0.25) is 0 Å². The number of hydrogen-bond acceptors (Lipinski definition) is 6. The first-order valence-corrected chi connectivity index (χ1v) is 12.6. The minimum atomic E-state index is -5.08. The molecular weight excluding hydrogens is 550 g/mol. The highest BCUT2D eigenvalue weighted by atomic mass is 19.4. The van der Waals surface area contributed by atoms with Gasteiger partial charge >= 0.3 is 24.3 Å². The van der Waals surface area contributed by atoms with Gasteiger partial charge in [-0.1, -0.05) is 6.07 Å². The Bertz CT molecular complexity index is 1090. The van der Waals surface area contributed by atoms with Gasteiger partial charge in [0.15, 0.2) is 0 Å². The number of carboxylic acid groups (broad SMARTS) is 2. The number of aromatic nitrogens is 3. The van der Waals surface area contributed by atoms with Gasteiger partial charge in [-0.15, -0.1) is 0 Å². The van der Waals surface area contributed by atoms with E-state index in [1.54, 1.807) is 0 Å². The predicted molar refractivity (Wildman–Crippen MR) is 127 cm³/mol. The highest BCUT2D eigenvalue weighted by molar-refractivity contribution is 5.73. The van der Waals surface area contributed by atoms with Crippen molar-refractivity contribution < 1.29 is 50.9 Å². The van der Waals surface area contributed by atoms with Crippen LogP contribution in [0.3, 0.4) is 0 Å². The van der Waals surface area contributed by atoms with E-state index >= 15 is 0 Å². The molecule has 2 saturated carbocycles. The highest BCUT2D eigenvalue weighted by Crippen LogP contribution is 2.35. The van der Waals surface area contributed by atoms with Gasteiger partial charge in [0, 0.05) is 62.4 Å². The molecule has 0 amide bonds. The molecule has 2 aromatic heterocycles. The molecule has 1 aliphatic heterocycles. The Labute approximate surface area is 225 Å². The Morgan fingerprint density at radius 3 is 2.05 bits per heavy atom. The molecule has 2 N–H and O–H groups in total. The molecule has 0 aromatic carbocycles. The van der Waals surface area contributed by atoms with Crippen molar-refractivity contribution in [1.29, 1.82) is 0 Å². The second kappa shape index (κ2) is 13.4. The number of alkyl halides is 6. The molecule has 15 heteroatoms. The Balaban J connectivity index is 0.000000263. The monoisotopic (exact) mass is 580 g/mol. The van der Waals surface area contributed by atoms with Crippen molar-refractivity contribution in [3.8, 4) is 0 Å². The average molecular weight is 581 g/mol. The van der Waals surface area contributed by atoms with Crippen molar-refractivity contribution in [3.05, 3.63) is 47.5 Å². The van der Waals surface area contributed by atoms with Crippen LogP contribution in [0.15, 0.2) is 30.7 Å². The van der Waals surface area contributed by atoms with E-state index < -0.39 is 24.3 Å². The third kappa shape index (κ3) is 10.4. The summed E-state index contributed by atoms with van der Waals surface area (Å²) in [4.78, 5) is 24.6. The SMILES string of the molecule is O=C(O)C(F)(F)F.O=C(O)C(F)(F)F.c1cncc(CN2Cc3cnn(CC4CC4)c3C(COCC3CC3)C2)c1. The fourth-order valence-electron chi connectivity index (χ4n) is 4.09. The third-order valence-corrected chi connectivity index (χ3v) is 6.33. The van der Waals surface area contributed by atoms with Crippen molar-refractivity contribution in [2.24, 2.45) is 11.8 Å². The van der Waals surface area contributed by atoms with Crippen molar-refractivity contribution in [2.45, 2.75) is 63.6 Å².